The van der Waals surface area contributed by atoms with E-state index in [4.69, 9.17) is 0 Å². The summed E-state index contributed by atoms with van der Waals surface area (Å²) in [6.45, 7) is 4.85. The zero-order valence-corrected chi connectivity index (χ0v) is 7.90. The highest BCUT2D eigenvalue weighted by molar-refractivity contribution is 5.08. The van der Waals surface area contributed by atoms with Gasteiger partial charge in [-0.05, 0) is 24.7 Å². The Morgan fingerprint density at radius 3 is 2.50 bits per heavy atom. The van der Waals surface area contributed by atoms with Gasteiger partial charge in [-0.2, -0.15) is 0 Å². The lowest BCUT2D eigenvalue weighted by molar-refractivity contribution is -0.109. The van der Waals surface area contributed by atoms with Gasteiger partial charge in [0.1, 0.15) is 0 Å². The molecule has 1 saturated carbocycles. The van der Waals surface area contributed by atoms with Crippen molar-refractivity contribution in [2.45, 2.75) is 32.6 Å². The first-order chi connectivity index (χ1) is 5.74. The van der Waals surface area contributed by atoms with E-state index in [9.17, 15) is 5.11 Å². The van der Waals surface area contributed by atoms with Crippen LogP contribution in [0.25, 0.3) is 0 Å². The Morgan fingerprint density at radius 2 is 1.92 bits per heavy atom. The lowest BCUT2D eigenvalue weighted by atomic mass is 9.49. The first kappa shape index (κ1) is 8.52. The SMILES string of the molecule is CCCC12CNCC(CO)(C1)C2. The third-order valence-corrected chi connectivity index (χ3v) is 3.62. The van der Waals surface area contributed by atoms with Gasteiger partial charge in [0.25, 0.3) is 0 Å². The molecule has 70 valence electrons. The topological polar surface area (TPSA) is 32.3 Å². The summed E-state index contributed by atoms with van der Waals surface area (Å²) in [5.41, 5.74) is 0.836. The van der Waals surface area contributed by atoms with Gasteiger partial charge >= 0.3 is 0 Å². The number of aliphatic hydroxyl groups is 1. The molecule has 0 aromatic rings. The molecule has 3 aliphatic rings. The van der Waals surface area contributed by atoms with E-state index in [0.717, 1.165) is 6.54 Å². The minimum atomic E-state index is 0.271. The summed E-state index contributed by atoms with van der Waals surface area (Å²) in [6, 6.07) is 0. The third-order valence-electron chi connectivity index (χ3n) is 3.62. The van der Waals surface area contributed by atoms with Crippen molar-refractivity contribution in [1.29, 1.82) is 0 Å². The maximum atomic E-state index is 9.23. The fourth-order valence-corrected chi connectivity index (χ4v) is 3.35. The van der Waals surface area contributed by atoms with Crippen molar-refractivity contribution in [2.75, 3.05) is 19.7 Å². The maximum absolute atomic E-state index is 9.23. The Morgan fingerprint density at radius 1 is 1.25 bits per heavy atom. The minimum absolute atomic E-state index is 0.271. The van der Waals surface area contributed by atoms with E-state index in [1.807, 2.05) is 0 Å². The molecule has 0 spiro atoms. The van der Waals surface area contributed by atoms with Crippen LogP contribution in [0.4, 0.5) is 0 Å². The fourth-order valence-electron chi connectivity index (χ4n) is 3.35. The van der Waals surface area contributed by atoms with Crippen LogP contribution in [0.15, 0.2) is 0 Å². The average Bonchev–Trinajstić information content (AvgIpc) is 2.04. The van der Waals surface area contributed by atoms with Crippen molar-refractivity contribution in [1.82, 2.24) is 5.32 Å². The smallest absolute Gasteiger partial charge is 0.0500 e. The van der Waals surface area contributed by atoms with Crippen LogP contribution in [0.2, 0.25) is 0 Å². The Bertz CT molecular complexity index is 169. The van der Waals surface area contributed by atoms with Crippen molar-refractivity contribution in [2.24, 2.45) is 10.8 Å². The first-order valence-corrected chi connectivity index (χ1v) is 5.06. The molecule has 0 amide bonds. The van der Waals surface area contributed by atoms with Crippen LogP contribution in [-0.2, 0) is 0 Å². The monoisotopic (exact) mass is 169 g/mol. The zero-order valence-electron chi connectivity index (χ0n) is 7.90. The quantitative estimate of drug-likeness (QED) is 0.664. The van der Waals surface area contributed by atoms with E-state index < -0.39 is 0 Å². The maximum Gasteiger partial charge on any atom is 0.0500 e. The summed E-state index contributed by atoms with van der Waals surface area (Å²) in [5.74, 6) is 0. The van der Waals surface area contributed by atoms with E-state index in [0.29, 0.717) is 12.0 Å². The van der Waals surface area contributed by atoms with E-state index in [1.165, 1.54) is 32.2 Å². The van der Waals surface area contributed by atoms with Gasteiger partial charge in [0.15, 0.2) is 0 Å². The van der Waals surface area contributed by atoms with Crippen LogP contribution in [0.3, 0.4) is 0 Å². The predicted octanol–water partition coefficient (Wildman–Crippen LogP) is 1.15. The van der Waals surface area contributed by atoms with Crippen LogP contribution in [0, 0.1) is 10.8 Å². The molecular formula is C10H19NO. The molecule has 2 nitrogen and oxygen atoms in total. The van der Waals surface area contributed by atoms with Gasteiger partial charge in [0, 0.05) is 25.1 Å². The van der Waals surface area contributed by atoms with Gasteiger partial charge in [-0.15, -0.1) is 0 Å². The molecule has 2 saturated heterocycles. The fraction of sp³-hybridized carbons (Fsp3) is 1.00. The second-order valence-electron chi connectivity index (χ2n) is 4.87. The summed E-state index contributed by atoms with van der Waals surface area (Å²) in [4.78, 5) is 0. The predicted molar refractivity (Wildman–Crippen MR) is 49.0 cm³/mol. The molecule has 2 aliphatic heterocycles. The molecular weight excluding hydrogens is 150 g/mol. The third kappa shape index (κ3) is 1.09. The Balaban J connectivity index is 1.99. The summed E-state index contributed by atoms with van der Waals surface area (Å²) in [6.07, 6.45) is 5.14. The molecule has 0 unspecified atom stereocenters. The van der Waals surface area contributed by atoms with Crippen LogP contribution >= 0.6 is 0 Å². The molecule has 2 heterocycles. The number of aliphatic hydroxyl groups excluding tert-OH is 1. The molecule has 2 heteroatoms. The van der Waals surface area contributed by atoms with Crippen molar-refractivity contribution >= 4 is 0 Å². The number of fused-ring (bicyclic) bond motifs is 2. The number of nitrogens with one attached hydrogen (secondary N) is 1. The van der Waals surface area contributed by atoms with Crippen LogP contribution in [-0.4, -0.2) is 24.8 Å². The van der Waals surface area contributed by atoms with Gasteiger partial charge < -0.3 is 10.4 Å². The number of rotatable bonds is 3. The van der Waals surface area contributed by atoms with E-state index in [-0.39, 0.29) is 5.41 Å². The van der Waals surface area contributed by atoms with Crippen molar-refractivity contribution in [3.05, 3.63) is 0 Å². The van der Waals surface area contributed by atoms with Crippen LogP contribution in [0.5, 0.6) is 0 Å². The second-order valence-corrected chi connectivity index (χ2v) is 4.87. The molecule has 0 atom stereocenters. The molecule has 3 rings (SSSR count). The number of hydrogen-bond donors (Lipinski definition) is 2. The standard InChI is InChI=1S/C10H19NO/c1-2-3-9-4-10(5-9,8-12)7-11-6-9/h11-12H,2-8H2,1H3. The van der Waals surface area contributed by atoms with Crippen molar-refractivity contribution < 1.29 is 5.11 Å². The molecule has 12 heavy (non-hydrogen) atoms. The molecule has 2 bridgehead atoms. The molecule has 2 N–H and O–H groups in total. The van der Waals surface area contributed by atoms with E-state index >= 15 is 0 Å². The molecule has 1 aliphatic carbocycles. The summed E-state index contributed by atoms with van der Waals surface area (Å²) >= 11 is 0. The highest BCUT2D eigenvalue weighted by Gasteiger charge is 2.55. The first-order valence-electron chi connectivity index (χ1n) is 5.06. The number of piperidine rings is 2. The van der Waals surface area contributed by atoms with Gasteiger partial charge in [-0.3, -0.25) is 0 Å². The second kappa shape index (κ2) is 2.71. The van der Waals surface area contributed by atoms with Gasteiger partial charge in [0.2, 0.25) is 0 Å². The Kier molecular flexibility index (Phi) is 1.92. The summed E-state index contributed by atoms with van der Waals surface area (Å²) in [7, 11) is 0. The van der Waals surface area contributed by atoms with Gasteiger partial charge in [0.05, 0.1) is 0 Å². The largest absolute Gasteiger partial charge is 0.396 e. The lowest BCUT2D eigenvalue weighted by Crippen LogP contribution is -2.63. The van der Waals surface area contributed by atoms with Crippen molar-refractivity contribution in [3.8, 4) is 0 Å². The summed E-state index contributed by atoms with van der Waals surface area (Å²) < 4.78 is 0. The van der Waals surface area contributed by atoms with Crippen molar-refractivity contribution in [3.63, 3.8) is 0 Å². The van der Waals surface area contributed by atoms with Gasteiger partial charge in [-0.25, -0.2) is 0 Å². The summed E-state index contributed by atoms with van der Waals surface area (Å²) in [5, 5.41) is 12.7. The van der Waals surface area contributed by atoms with E-state index in [2.05, 4.69) is 12.2 Å². The molecule has 0 aromatic carbocycles. The normalized spacial score (nSPS) is 45.5. The highest BCUT2D eigenvalue weighted by atomic mass is 16.3. The van der Waals surface area contributed by atoms with Crippen LogP contribution in [0.1, 0.15) is 32.6 Å². The van der Waals surface area contributed by atoms with Crippen LogP contribution < -0.4 is 5.32 Å². The molecule has 0 aromatic heterocycles. The molecule has 0 radical (unpaired) electrons. The van der Waals surface area contributed by atoms with Gasteiger partial charge in [-0.1, -0.05) is 13.3 Å². The Hall–Kier alpha value is -0.0800. The lowest BCUT2D eigenvalue weighted by Gasteiger charge is -2.60. The average molecular weight is 169 g/mol. The number of hydrogen-bond acceptors (Lipinski definition) is 2. The zero-order chi connectivity index (χ0) is 8.66. The molecule has 3 fully saturated rings. The minimum Gasteiger partial charge on any atom is -0.396 e. The highest BCUT2D eigenvalue weighted by Crippen LogP contribution is 2.58. The Labute approximate surface area is 74.4 Å². The van der Waals surface area contributed by atoms with E-state index in [1.54, 1.807) is 0 Å².